The van der Waals surface area contributed by atoms with Gasteiger partial charge in [0.15, 0.2) is 9.84 Å². The molecule has 1 aromatic carbocycles. The largest absolute Gasteiger partial charge is 0.353 e. The van der Waals surface area contributed by atoms with E-state index in [0.29, 0.717) is 24.2 Å². The highest BCUT2D eigenvalue weighted by Crippen LogP contribution is 2.15. The summed E-state index contributed by atoms with van der Waals surface area (Å²) in [5, 5.41) is 2.88. The van der Waals surface area contributed by atoms with E-state index in [9.17, 15) is 18.0 Å². The van der Waals surface area contributed by atoms with Gasteiger partial charge in [0, 0.05) is 37.9 Å². The van der Waals surface area contributed by atoms with Crippen molar-refractivity contribution < 1.29 is 18.0 Å². The Morgan fingerprint density at radius 1 is 1.17 bits per heavy atom. The number of benzene rings is 1. The van der Waals surface area contributed by atoms with E-state index in [1.807, 2.05) is 0 Å². The number of rotatable bonds is 4. The fourth-order valence-corrected chi connectivity index (χ4v) is 3.54. The zero-order valence-electron chi connectivity index (χ0n) is 13.4. The van der Waals surface area contributed by atoms with Crippen LogP contribution in [0.3, 0.4) is 0 Å². The number of piperidine rings is 1. The molecule has 0 atom stereocenters. The average molecular weight is 338 g/mol. The van der Waals surface area contributed by atoms with Crippen LogP contribution in [-0.2, 0) is 20.4 Å². The second-order valence-electron chi connectivity index (χ2n) is 6.03. The van der Waals surface area contributed by atoms with Crippen molar-refractivity contribution in [1.82, 2.24) is 10.2 Å². The highest BCUT2D eigenvalue weighted by molar-refractivity contribution is 7.89. The molecule has 0 radical (unpaired) electrons. The maximum Gasteiger partial charge on any atom is 0.253 e. The average Bonchev–Trinajstić information content (AvgIpc) is 2.46. The fraction of sp³-hybridized carbons (Fsp3) is 0.500. The lowest BCUT2D eigenvalue weighted by molar-refractivity contribution is -0.119. The Labute approximate surface area is 136 Å². The van der Waals surface area contributed by atoms with Crippen LogP contribution < -0.4 is 5.32 Å². The summed E-state index contributed by atoms with van der Waals surface area (Å²) in [5.41, 5.74) is 1.23. The van der Waals surface area contributed by atoms with E-state index in [1.165, 1.54) is 13.2 Å². The molecular weight excluding hydrogens is 316 g/mol. The first-order valence-corrected chi connectivity index (χ1v) is 9.64. The molecule has 1 aromatic rings. The lowest BCUT2D eigenvalue weighted by Gasteiger charge is -2.32. The topological polar surface area (TPSA) is 83.6 Å². The fourth-order valence-electron chi connectivity index (χ4n) is 2.74. The summed E-state index contributed by atoms with van der Waals surface area (Å²) in [5.74, 6) is -0.128. The number of amides is 2. The van der Waals surface area contributed by atoms with Crippen molar-refractivity contribution in [2.75, 3.05) is 19.3 Å². The Morgan fingerprint density at radius 2 is 1.74 bits per heavy atom. The third kappa shape index (κ3) is 5.35. The van der Waals surface area contributed by atoms with Gasteiger partial charge in [-0.25, -0.2) is 8.42 Å². The maximum atomic E-state index is 12.4. The van der Waals surface area contributed by atoms with Crippen LogP contribution in [0.5, 0.6) is 0 Å². The third-order valence-electron chi connectivity index (χ3n) is 3.82. The summed E-state index contributed by atoms with van der Waals surface area (Å²) in [4.78, 5) is 25.3. The van der Waals surface area contributed by atoms with Crippen LogP contribution in [0.2, 0.25) is 0 Å². The number of carbonyl (C=O) groups excluding carboxylic acids is 2. The molecule has 7 heteroatoms. The molecule has 126 valence electrons. The van der Waals surface area contributed by atoms with Gasteiger partial charge in [-0.2, -0.15) is 0 Å². The van der Waals surface area contributed by atoms with Gasteiger partial charge in [0.25, 0.3) is 5.91 Å². The summed E-state index contributed by atoms with van der Waals surface area (Å²) in [6.45, 7) is 2.71. The summed E-state index contributed by atoms with van der Waals surface area (Å²) in [6, 6.07) is 6.83. The standard InChI is InChI=1S/C16H22N2O4S/c1-12(19)17-15-7-9-18(10-8-15)16(20)14-5-3-13(4-6-14)11-23(2,21)22/h3-6,15H,7-11H2,1-2H3,(H,17,19). The molecule has 1 saturated heterocycles. The van der Waals surface area contributed by atoms with Crippen molar-refractivity contribution in [3.8, 4) is 0 Å². The van der Waals surface area contributed by atoms with Gasteiger partial charge in [-0.3, -0.25) is 9.59 Å². The predicted octanol–water partition coefficient (Wildman–Crippen LogP) is 0.972. The van der Waals surface area contributed by atoms with Crippen LogP contribution in [-0.4, -0.2) is 50.5 Å². The summed E-state index contributed by atoms with van der Waals surface area (Å²) in [7, 11) is -3.08. The Morgan fingerprint density at radius 3 is 2.22 bits per heavy atom. The first-order valence-electron chi connectivity index (χ1n) is 7.57. The van der Waals surface area contributed by atoms with Crippen LogP contribution in [0.1, 0.15) is 35.7 Å². The number of nitrogens with zero attached hydrogens (tertiary/aromatic N) is 1. The molecule has 1 aliphatic rings. The van der Waals surface area contributed by atoms with E-state index < -0.39 is 9.84 Å². The molecule has 0 unspecified atom stereocenters. The molecule has 2 rings (SSSR count). The van der Waals surface area contributed by atoms with E-state index in [0.717, 1.165) is 12.8 Å². The summed E-state index contributed by atoms with van der Waals surface area (Å²) < 4.78 is 22.5. The number of carbonyl (C=O) groups is 2. The quantitative estimate of drug-likeness (QED) is 0.887. The van der Waals surface area contributed by atoms with Gasteiger partial charge in [0.2, 0.25) is 5.91 Å². The highest BCUT2D eigenvalue weighted by atomic mass is 32.2. The molecule has 1 fully saturated rings. The normalized spacial score (nSPS) is 16.2. The van der Waals surface area contributed by atoms with Crippen molar-refractivity contribution in [1.29, 1.82) is 0 Å². The SMILES string of the molecule is CC(=O)NC1CCN(C(=O)c2ccc(CS(C)(=O)=O)cc2)CC1. The van der Waals surface area contributed by atoms with E-state index >= 15 is 0 Å². The monoisotopic (exact) mass is 338 g/mol. The molecular formula is C16H22N2O4S. The third-order valence-corrected chi connectivity index (χ3v) is 4.68. The van der Waals surface area contributed by atoms with Crippen molar-refractivity contribution >= 4 is 21.7 Å². The van der Waals surface area contributed by atoms with Crippen LogP contribution in [0.15, 0.2) is 24.3 Å². The molecule has 0 bridgehead atoms. The second kappa shape index (κ2) is 7.12. The van der Waals surface area contributed by atoms with E-state index in [1.54, 1.807) is 29.2 Å². The van der Waals surface area contributed by atoms with Gasteiger partial charge in [0.05, 0.1) is 5.75 Å². The van der Waals surface area contributed by atoms with Crippen molar-refractivity contribution in [3.63, 3.8) is 0 Å². The van der Waals surface area contributed by atoms with Gasteiger partial charge >= 0.3 is 0 Å². The van der Waals surface area contributed by atoms with E-state index in [-0.39, 0.29) is 23.6 Å². The Hall–Kier alpha value is -1.89. The highest BCUT2D eigenvalue weighted by Gasteiger charge is 2.23. The lowest BCUT2D eigenvalue weighted by atomic mass is 10.0. The minimum absolute atomic E-state index is 0.0242. The Balaban J connectivity index is 1.95. The molecule has 1 aliphatic heterocycles. The van der Waals surface area contributed by atoms with Crippen molar-refractivity contribution in [2.24, 2.45) is 0 Å². The molecule has 1 heterocycles. The first-order chi connectivity index (χ1) is 10.7. The molecule has 2 amide bonds. The Bertz CT molecular complexity index is 675. The summed E-state index contributed by atoms with van der Waals surface area (Å²) in [6.07, 6.45) is 2.68. The van der Waals surface area contributed by atoms with Gasteiger partial charge < -0.3 is 10.2 Å². The number of hydrogen-bond donors (Lipinski definition) is 1. The number of likely N-dealkylation sites (tertiary alicyclic amines) is 1. The van der Waals surface area contributed by atoms with Crippen LogP contribution >= 0.6 is 0 Å². The minimum atomic E-state index is -3.08. The van der Waals surface area contributed by atoms with Crippen molar-refractivity contribution in [3.05, 3.63) is 35.4 Å². The van der Waals surface area contributed by atoms with Gasteiger partial charge in [-0.15, -0.1) is 0 Å². The van der Waals surface area contributed by atoms with Crippen LogP contribution in [0, 0.1) is 0 Å². The van der Waals surface area contributed by atoms with Crippen LogP contribution in [0.25, 0.3) is 0 Å². The van der Waals surface area contributed by atoms with Crippen LogP contribution in [0.4, 0.5) is 0 Å². The van der Waals surface area contributed by atoms with Crippen molar-refractivity contribution in [2.45, 2.75) is 31.6 Å². The molecule has 0 saturated carbocycles. The zero-order chi connectivity index (χ0) is 17.0. The van der Waals surface area contributed by atoms with Gasteiger partial charge in [0.1, 0.15) is 0 Å². The molecule has 1 N–H and O–H groups in total. The lowest BCUT2D eigenvalue weighted by Crippen LogP contribution is -2.46. The summed E-state index contributed by atoms with van der Waals surface area (Å²) >= 11 is 0. The zero-order valence-corrected chi connectivity index (χ0v) is 14.2. The predicted molar refractivity (Wildman–Crippen MR) is 87.7 cm³/mol. The number of sulfone groups is 1. The first kappa shape index (κ1) is 17.5. The van der Waals surface area contributed by atoms with Gasteiger partial charge in [-0.1, -0.05) is 12.1 Å². The Kier molecular flexibility index (Phi) is 5.41. The van der Waals surface area contributed by atoms with E-state index in [2.05, 4.69) is 5.32 Å². The maximum absolute atomic E-state index is 12.4. The smallest absolute Gasteiger partial charge is 0.253 e. The molecule has 0 aromatic heterocycles. The van der Waals surface area contributed by atoms with E-state index in [4.69, 9.17) is 0 Å². The molecule has 23 heavy (non-hydrogen) atoms. The molecule has 0 aliphatic carbocycles. The number of hydrogen-bond acceptors (Lipinski definition) is 4. The van der Waals surface area contributed by atoms with Gasteiger partial charge in [-0.05, 0) is 30.5 Å². The molecule has 6 nitrogen and oxygen atoms in total. The number of nitrogens with one attached hydrogen (secondary N) is 1. The molecule has 0 spiro atoms. The second-order valence-corrected chi connectivity index (χ2v) is 8.17. The minimum Gasteiger partial charge on any atom is -0.353 e.